The first kappa shape index (κ1) is 14.4. The average molecular weight is 214 g/mol. The Bertz CT molecular complexity index is 174. The van der Waals surface area contributed by atoms with Gasteiger partial charge < -0.3 is 5.32 Å². The maximum Gasteiger partial charge on any atom is 0.220 e. The first-order chi connectivity index (χ1) is 7.11. The highest BCUT2D eigenvalue weighted by atomic mass is 16.1. The maximum absolute atomic E-state index is 11.3. The minimum absolute atomic E-state index is 0.204. The number of amides is 1. The number of likely N-dealkylation sites (tertiary alicyclic amines) is 1. The van der Waals surface area contributed by atoms with Crippen molar-refractivity contribution in [2.45, 2.75) is 47.1 Å². The summed E-state index contributed by atoms with van der Waals surface area (Å²) < 4.78 is 0. The third-order valence-corrected chi connectivity index (χ3v) is 2.36. The summed E-state index contributed by atoms with van der Waals surface area (Å²) in [5.74, 6) is 0.665. The van der Waals surface area contributed by atoms with E-state index in [9.17, 15) is 4.79 Å². The van der Waals surface area contributed by atoms with Crippen molar-refractivity contribution < 1.29 is 4.79 Å². The Morgan fingerprint density at radius 1 is 1.40 bits per heavy atom. The summed E-state index contributed by atoms with van der Waals surface area (Å²) in [6.07, 6.45) is 0.655. The van der Waals surface area contributed by atoms with E-state index in [1.165, 1.54) is 0 Å². The third kappa shape index (κ3) is 5.78. The first-order valence-corrected chi connectivity index (χ1v) is 6.13. The highest BCUT2D eigenvalue weighted by Gasteiger charge is 2.26. The molecule has 3 heteroatoms. The van der Waals surface area contributed by atoms with Gasteiger partial charge in [0, 0.05) is 19.5 Å². The van der Waals surface area contributed by atoms with Crippen LogP contribution in [-0.2, 0) is 4.79 Å². The van der Waals surface area contributed by atoms with E-state index < -0.39 is 0 Å². The second kappa shape index (κ2) is 7.69. The lowest BCUT2D eigenvalue weighted by molar-refractivity contribution is -0.123. The van der Waals surface area contributed by atoms with E-state index in [2.05, 4.69) is 31.0 Å². The van der Waals surface area contributed by atoms with Gasteiger partial charge in [-0.15, -0.1) is 0 Å². The van der Waals surface area contributed by atoms with Crippen LogP contribution < -0.4 is 5.32 Å². The van der Waals surface area contributed by atoms with E-state index in [1.807, 2.05) is 13.8 Å². The van der Waals surface area contributed by atoms with Gasteiger partial charge in [-0.1, -0.05) is 34.6 Å². The second-order valence-electron chi connectivity index (χ2n) is 4.21. The molecule has 0 aromatic carbocycles. The standard InChI is InChI=1S/C10H20N2O.C2H6/c1-4-12-6-9(7-12)11-10(13)5-8(2)3;1-2/h8-9H,4-7H2,1-3H3,(H,11,13);1-2H3. The van der Waals surface area contributed by atoms with Crippen LogP contribution in [0.15, 0.2) is 0 Å². The van der Waals surface area contributed by atoms with Gasteiger partial charge in [0.25, 0.3) is 0 Å². The number of carbonyl (C=O) groups is 1. The lowest BCUT2D eigenvalue weighted by Gasteiger charge is -2.38. The summed E-state index contributed by atoms with van der Waals surface area (Å²) in [4.78, 5) is 13.6. The minimum Gasteiger partial charge on any atom is -0.351 e. The Morgan fingerprint density at radius 3 is 2.33 bits per heavy atom. The third-order valence-electron chi connectivity index (χ3n) is 2.36. The summed E-state index contributed by atoms with van der Waals surface area (Å²) in [6, 6.07) is 0.409. The fraction of sp³-hybridized carbons (Fsp3) is 0.917. The molecule has 90 valence electrons. The number of hydrogen-bond acceptors (Lipinski definition) is 2. The molecule has 3 nitrogen and oxygen atoms in total. The molecular formula is C12H26N2O. The lowest BCUT2D eigenvalue weighted by atomic mass is 10.1. The zero-order chi connectivity index (χ0) is 11.8. The van der Waals surface area contributed by atoms with Crippen molar-refractivity contribution in [1.82, 2.24) is 10.2 Å². The Labute approximate surface area is 94.2 Å². The van der Waals surface area contributed by atoms with Crippen LogP contribution in [0.1, 0.15) is 41.0 Å². The molecule has 0 spiro atoms. The predicted molar refractivity (Wildman–Crippen MR) is 64.8 cm³/mol. The molecule has 1 aliphatic rings. The van der Waals surface area contributed by atoms with Gasteiger partial charge in [-0.05, 0) is 12.5 Å². The molecule has 15 heavy (non-hydrogen) atoms. The zero-order valence-electron chi connectivity index (χ0n) is 10.8. The summed E-state index contributed by atoms with van der Waals surface area (Å²) in [5, 5.41) is 3.03. The van der Waals surface area contributed by atoms with Crippen molar-refractivity contribution in [3.05, 3.63) is 0 Å². The summed E-state index contributed by atoms with van der Waals surface area (Å²) in [5.41, 5.74) is 0. The van der Waals surface area contributed by atoms with Crippen molar-refractivity contribution in [2.75, 3.05) is 19.6 Å². The second-order valence-corrected chi connectivity index (χ2v) is 4.21. The summed E-state index contributed by atoms with van der Waals surface area (Å²) in [7, 11) is 0. The van der Waals surface area contributed by atoms with E-state index in [-0.39, 0.29) is 5.91 Å². The van der Waals surface area contributed by atoms with Gasteiger partial charge in [-0.25, -0.2) is 0 Å². The molecule has 0 aromatic rings. The fourth-order valence-electron chi connectivity index (χ4n) is 1.58. The van der Waals surface area contributed by atoms with Crippen molar-refractivity contribution in [2.24, 2.45) is 5.92 Å². The lowest BCUT2D eigenvalue weighted by Crippen LogP contribution is -2.59. The van der Waals surface area contributed by atoms with Crippen molar-refractivity contribution in [1.29, 1.82) is 0 Å². The summed E-state index contributed by atoms with van der Waals surface area (Å²) >= 11 is 0. The Morgan fingerprint density at radius 2 is 1.93 bits per heavy atom. The molecule has 0 saturated carbocycles. The van der Waals surface area contributed by atoms with Gasteiger partial charge in [0.05, 0.1) is 6.04 Å². The SMILES string of the molecule is CC.CCN1CC(NC(=O)CC(C)C)C1. The highest BCUT2D eigenvalue weighted by Crippen LogP contribution is 2.07. The van der Waals surface area contributed by atoms with Crippen LogP contribution in [0.2, 0.25) is 0 Å². The largest absolute Gasteiger partial charge is 0.351 e. The number of likely N-dealkylation sites (N-methyl/N-ethyl adjacent to an activating group) is 1. The molecule has 1 rings (SSSR count). The van der Waals surface area contributed by atoms with Crippen molar-refractivity contribution in [3.8, 4) is 0 Å². The molecule has 1 amide bonds. The Balaban J connectivity index is 0.000000921. The van der Waals surface area contributed by atoms with E-state index in [1.54, 1.807) is 0 Å². The smallest absolute Gasteiger partial charge is 0.220 e. The van der Waals surface area contributed by atoms with Gasteiger partial charge in [0.15, 0.2) is 0 Å². The molecule has 1 aliphatic heterocycles. The van der Waals surface area contributed by atoms with Gasteiger partial charge in [0.2, 0.25) is 5.91 Å². The van der Waals surface area contributed by atoms with Crippen LogP contribution in [0.25, 0.3) is 0 Å². The predicted octanol–water partition coefficient (Wildman–Crippen LogP) is 1.88. The molecule has 0 radical (unpaired) electrons. The molecule has 0 unspecified atom stereocenters. The van der Waals surface area contributed by atoms with Crippen molar-refractivity contribution >= 4 is 5.91 Å². The quantitative estimate of drug-likeness (QED) is 0.775. The Hall–Kier alpha value is -0.570. The van der Waals surface area contributed by atoms with Gasteiger partial charge in [-0.2, -0.15) is 0 Å². The highest BCUT2D eigenvalue weighted by molar-refractivity contribution is 5.76. The first-order valence-electron chi connectivity index (χ1n) is 6.13. The van der Waals surface area contributed by atoms with Crippen LogP contribution >= 0.6 is 0 Å². The van der Waals surface area contributed by atoms with Crippen molar-refractivity contribution in [3.63, 3.8) is 0 Å². The molecule has 1 N–H and O–H groups in total. The average Bonchev–Trinajstić information content (AvgIpc) is 2.12. The van der Waals surface area contributed by atoms with E-state index in [4.69, 9.17) is 0 Å². The monoisotopic (exact) mass is 214 g/mol. The molecular weight excluding hydrogens is 188 g/mol. The summed E-state index contributed by atoms with van der Waals surface area (Å²) in [6.45, 7) is 13.4. The Kier molecular flexibility index (Phi) is 7.39. The minimum atomic E-state index is 0.204. The van der Waals surface area contributed by atoms with Crippen LogP contribution in [0, 0.1) is 5.92 Å². The molecule has 0 atom stereocenters. The van der Waals surface area contributed by atoms with Gasteiger partial charge >= 0.3 is 0 Å². The fourth-order valence-corrected chi connectivity index (χ4v) is 1.58. The van der Waals surface area contributed by atoms with E-state index in [0.29, 0.717) is 18.4 Å². The van der Waals surface area contributed by atoms with Crippen LogP contribution in [0.5, 0.6) is 0 Å². The van der Waals surface area contributed by atoms with Crippen LogP contribution in [-0.4, -0.2) is 36.5 Å². The molecule has 0 aliphatic carbocycles. The van der Waals surface area contributed by atoms with Gasteiger partial charge in [0.1, 0.15) is 0 Å². The normalized spacial score (nSPS) is 16.7. The topological polar surface area (TPSA) is 32.3 Å². The molecule has 1 saturated heterocycles. The van der Waals surface area contributed by atoms with Gasteiger partial charge in [-0.3, -0.25) is 9.69 Å². The molecule has 0 bridgehead atoms. The zero-order valence-corrected chi connectivity index (χ0v) is 10.8. The molecule has 1 fully saturated rings. The van der Waals surface area contributed by atoms with E-state index in [0.717, 1.165) is 19.6 Å². The molecule has 1 heterocycles. The molecule has 0 aromatic heterocycles. The van der Waals surface area contributed by atoms with Crippen LogP contribution in [0.4, 0.5) is 0 Å². The van der Waals surface area contributed by atoms with Crippen LogP contribution in [0.3, 0.4) is 0 Å². The number of carbonyl (C=O) groups excluding carboxylic acids is 1. The number of hydrogen-bond donors (Lipinski definition) is 1. The number of nitrogens with zero attached hydrogens (tertiary/aromatic N) is 1. The number of nitrogens with one attached hydrogen (secondary N) is 1. The maximum atomic E-state index is 11.3. The van der Waals surface area contributed by atoms with E-state index >= 15 is 0 Å². The number of rotatable bonds is 4.